The second-order valence-corrected chi connectivity index (χ2v) is 8.85. The molecule has 1 saturated heterocycles. The van der Waals surface area contributed by atoms with Crippen LogP contribution in [0, 0.1) is 11.6 Å². The number of ether oxygens (including phenoxy) is 1. The van der Waals surface area contributed by atoms with Gasteiger partial charge in [0.1, 0.15) is 17.2 Å². The Morgan fingerprint density at radius 3 is 2.77 bits per heavy atom. The predicted octanol–water partition coefficient (Wildman–Crippen LogP) is 2.72. The smallest absolute Gasteiger partial charge is 0.276 e. The minimum absolute atomic E-state index is 0.0691. The number of rotatable bonds is 4. The maximum atomic E-state index is 14.2. The molecule has 1 saturated carbocycles. The topological polar surface area (TPSA) is 149 Å². The minimum Gasteiger partial charge on any atom is -0.396 e. The number of carbonyl (C=O) groups excluding carboxylic acids is 1. The molecule has 1 aromatic carbocycles. The Morgan fingerprint density at radius 1 is 1.23 bits per heavy atom. The molecule has 35 heavy (non-hydrogen) atoms. The SMILES string of the molecule is Nc1cnc(-c2c(F)cccc2F)nc1C(=O)Nc1cnccc1[C@H]1C[C@@H](N)[C@@]2(O)CCC[C@H]2O1. The first-order valence-corrected chi connectivity index (χ1v) is 11.2. The number of halogens is 2. The van der Waals surface area contributed by atoms with Crippen molar-refractivity contribution in [1.82, 2.24) is 15.0 Å². The van der Waals surface area contributed by atoms with Gasteiger partial charge in [0.15, 0.2) is 11.5 Å². The lowest BCUT2D eigenvalue weighted by Crippen LogP contribution is -2.58. The molecule has 3 heterocycles. The average molecular weight is 482 g/mol. The highest BCUT2D eigenvalue weighted by atomic mass is 19.1. The Hall–Kier alpha value is -3.54. The van der Waals surface area contributed by atoms with E-state index in [2.05, 4.69) is 20.3 Å². The molecule has 182 valence electrons. The molecule has 1 aliphatic heterocycles. The van der Waals surface area contributed by atoms with Gasteiger partial charge in [-0.1, -0.05) is 6.07 Å². The summed E-state index contributed by atoms with van der Waals surface area (Å²) in [6.45, 7) is 0. The number of anilines is 2. The van der Waals surface area contributed by atoms with E-state index < -0.39 is 47.0 Å². The maximum Gasteiger partial charge on any atom is 0.276 e. The van der Waals surface area contributed by atoms with Crippen LogP contribution >= 0.6 is 0 Å². The van der Waals surface area contributed by atoms with Crippen molar-refractivity contribution in [3.8, 4) is 11.4 Å². The van der Waals surface area contributed by atoms with E-state index in [9.17, 15) is 18.7 Å². The molecule has 2 fully saturated rings. The third-order valence-corrected chi connectivity index (χ3v) is 6.71. The van der Waals surface area contributed by atoms with Crippen molar-refractivity contribution in [2.45, 2.75) is 49.5 Å². The summed E-state index contributed by atoms with van der Waals surface area (Å²) < 4.78 is 34.6. The third-order valence-electron chi connectivity index (χ3n) is 6.71. The molecule has 0 unspecified atom stereocenters. The number of hydrogen-bond donors (Lipinski definition) is 4. The minimum atomic E-state index is -1.05. The lowest BCUT2D eigenvalue weighted by molar-refractivity contribution is -0.171. The van der Waals surface area contributed by atoms with Crippen LogP contribution in [0.5, 0.6) is 0 Å². The van der Waals surface area contributed by atoms with Gasteiger partial charge in [-0.2, -0.15) is 0 Å². The lowest BCUT2D eigenvalue weighted by Gasteiger charge is -2.43. The first-order chi connectivity index (χ1) is 16.8. The number of nitrogens with two attached hydrogens (primary N) is 2. The van der Waals surface area contributed by atoms with Crippen LogP contribution < -0.4 is 16.8 Å². The molecule has 4 atom stereocenters. The zero-order valence-electron chi connectivity index (χ0n) is 18.6. The Labute approximate surface area is 199 Å². The molecule has 0 spiro atoms. The Bertz CT molecular complexity index is 1270. The highest BCUT2D eigenvalue weighted by Gasteiger charge is 2.51. The molecule has 2 aliphatic rings. The zero-order valence-corrected chi connectivity index (χ0v) is 18.6. The molecule has 0 bridgehead atoms. The van der Waals surface area contributed by atoms with E-state index >= 15 is 0 Å². The molecule has 1 aliphatic carbocycles. The summed E-state index contributed by atoms with van der Waals surface area (Å²) in [5.41, 5.74) is 11.4. The summed E-state index contributed by atoms with van der Waals surface area (Å²) in [5.74, 6) is -2.76. The van der Waals surface area contributed by atoms with Crippen LogP contribution in [0.4, 0.5) is 20.2 Å². The van der Waals surface area contributed by atoms with Crippen LogP contribution in [0.25, 0.3) is 11.4 Å². The number of benzene rings is 1. The Balaban J connectivity index is 1.43. The predicted molar refractivity (Wildman–Crippen MR) is 123 cm³/mol. The molecule has 6 N–H and O–H groups in total. The van der Waals surface area contributed by atoms with E-state index in [4.69, 9.17) is 16.2 Å². The molecular weight excluding hydrogens is 458 g/mol. The second-order valence-electron chi connectivity index (χ2n) is 8.85. The monoisotopic (exact) mass is 482 g/mol. The number of carbonyl (C=O) groups is 1. The number of hydrogen-bond acceptors (Lipinski definition) is 8. The quantitative estimate of drug-likeness (QED) is 0.443. The number of nitrogens with zero attached hydrogens (tertiary/aromatic N) is 3. The van der Waals surface area contributed by atoms with Gasteiger partial charge in [-0.3, -0.25) is 9.78 Å². The van der Waals surface area contributed by atoms with E-state index in [1.165, 1.54) is 12.3 Å². The summed E-state index contributed by atoms with van der Waals surface area (Å²) in [6, 6.07) is 4.58. The molecule has 11 heteroatoms. The van der Waals surface area contributed by atoms with Gasteiger partial charge < -0.3 is 26.6 Å². The summed E-state index contributed by atoms with van der Waals surface area (Å²) in [5, 5.41) is 13.6. The van der Waals surface area contributed by atoms with Crippen LogP contribution in [-0.2, 0) is 4.74 Å². The highest BCUT2D eigenvalue weighted by Crippen LogP contribution is 2.45. The number of pyridine rings is 1. The highest BCUT2D eigenvalue weighted by molar-refractivity contribution is 6.06. The van der Waals surface area contributed by atoms with E-state index in [0.29, 0.717) is 30.5 Å². The van der Waals surface area contributed by atoms with Gasteiger partial charge in [-0.25, -0.2) is 18.7 Å². The van der Waals surface area contributed by atoms with Crippen molar-refractivity contribution in [1.29, 1.82) is 0 Å². The van der Waals surface area contributed by atoms with Gasteiger partial charge in [-0.15, -0.1) is 0 Å². The fraction of sp³-hybridized carbons (Fsp3) is 0.333. The number of aromatic nitrogens is 3. The summed E-state index contributed by atoms with van der Waals surface area (Å²) >= 11 is 0. The van der Waals surface area contributed by atoms with Crippen LogP contribution in [0.2, 0.25) is 0 Å². The molecule has 5 rings (SSSR count). The summed E-state index contributed by atoms with van der Waals surface area (Å²) in [4.78, 5) is 25.1. The van der Waals surface area contributed by atoms with E-state index in [-0.39, 0.29) is 17.2 Å². The number of nitrogens with one attached hydrogen (secondary N) is 1. The van der Waals surface area contributed by atoms with E-state index in [1.54, 1.807) is 12.3 Å². The van der Waals surface area contributed by atoms with Crippen molar-refractivity contribution < 1.29 is 23.4 Å². The van der Waals surface area contributed by atoms with Crippen LogP contribution in [-0.4, -0.2) is 43.7 Å². The normalized spacial score (nSPS) is 25.8. The Morgan fingerprint density at radius 2 is 2.00 bits per heavy atom. The second kappa shape index (κ2) is 8.91. The molecule has 2 aromatic heterocycles. The number of nitrogen functional groups attached to an aromatic ring is 1. The largest absolute Gasteiger partial charge is 0.396 e. The number of aliphatic hydroxyl groups is 1. The molecular formula is C24H24F2N6O3. The van der Waals surface area contributed by atoms with Crippen LogP contribution in [0.3, 0.4) is 0 Å². The van der Waals surface area contributed by atoms with Gasteiger partial charge in [0, 0.05) is 17.8 Å². The van der Waals surface area contributed by atoms with E-state index in [0.717, 1.165) is 24.8 Å². The van der Waals surface area contributed by atoms with Crippen LogP contribution in [0.15, 0.2) is 42.9 Å². The number of amides is 1. The molecule has 1 amide bonds. The van der Waals surface area contributed by atoms with Gasteiger partial charge >= 0.3 is 0 Å². The van der Waals surface area contributed by atoms with Crippen LogP contribution in [0.1, 0.15) is 47.8 Å². The third kappa shape index (κ3) is 4.11. The summed E-state index contributed by atoms with van der Waals surface area (Å²) in [7, 11) is 0. The van der Waals surface area contributed by atoms with Gasteiger partial charge in [0.2, 0.25) is 0 Å². The van der Waals surface area contributed by atoms with E-state index in [1.807, 2.05) is 0 Å². The van der Waals surface area contributed by atoms with Crippen molar-refractivity contribution in [3.05, 3.63) is 65.7 Å². The van der Waals surface area contributed by atoms with Gasteiger partial charge in [-0.05, 0) is 43.9 Å². The van der Waals surface area contributed by atoms with Crippen molar-refractivity contribution >= 4 is 17.3 Å². The van der Waals surface area contributed by atoms with Gasteiger partial charge in [0.25, 0.3) is 5.91 Å². The lowest BCUT2D eigenvalue weighted by atomic mass is 9.83. The average Bonchev–Trinajstić information content (AvgIpc) is 3.22. The van der Waals surface area contributed by atoms with Gasteiger partial charge in [0.05, 0.1) is 41.5 Å². The molecule has 3 aromatic rings. The molecule has 0 radical (unpaired) electrons. The first kappa shape index (κ1) is 23.2. The first-order valence-electron chi connectivity index (χ1n) is 11.2. The standard InChI is InChI=1S/C24H24F2N6O3/c25-13-3-1-4-14(26)20(13)22-30-10-15(27)21(32-22)23(33)31-16-11-29-8-6-12(16)17-9-18(28)24(34)7-2-5-19(24)35-17/h1,3-4,6,8,10-11,17-19,34H,2,5,7,9,27-28H2,(H,31,33)/t17-,18-,19-,24+/m1/s1. The fourth-order valence-corrected chi connectivity index (χ4v) is 4.86. The van der Waals surface area contributed by atoms with Crippen molar-refractivity contribution in [2.75, 3.05) is 11.1 Å². The van der Waals surface area contributed by atoms with Crippen molar-refractivity contribution in [3.63, 3.8) is 0 Å². The Kier molecular flexibility index (Phi) is 5.91. The summed E-state index contributed by atoms with van der Waals surface area (Å²) in [6.07, 6.45) is 5.72. The number of fused-ring (bicyclic) bond motifs is 1. The van der Waals surface area contributed by atoms with Crippen molar-refractivity contribution in [2.24, 2.45) is 5.73 Å². The molecule has 9 nitrogen and oxygen atoms in total. The fourth-order valence-electron chi connectivity index (χ4n) is 4.86. The maximum absolute atomic E-state index is 14.2. The zero-order chi connectivity index (χ0) is 24.7.